The van der Waals surface area contributed by atoms with Crippen molar-refractivity contribution in [1.82, 2.24) is 4.72 Å². The van der Waals surface area contributed by atoms with Gasteiger partial charge in [-0.3, -0.25) is 4.79 Å². The van der Waals surface area contributed by atoms with Crippen LogP contribution in [0.1, 0.15) is 24.2 Å². The third-order valence-electron chi connectivity index (χ3n) is 2.65. The number of Topliss-reactive ketones (excluding diaryl/α,β-unsaturated/α-hetero) is 1. The van der Waals surface area contributed by atoms with Crippen molar-refractivity contribution in [3.05, 3.63) is 29.8 Å². The van der Waals surface area contributed by atoms with E-state index in [2.05, 4.69) is 4.72 Å². The van der Waals surface area contributed by atoms with E-state index in [1.165, 1.54) is 38.1 Å². The molecule has 0 aliphatic carbocycles. The van der Waals surface area contributed by atoms with Crippen LogP contribution in [0.25, 0.3) is 0 Å². The molecule has 1 aromatic carbocycles. The lowest BCUT2D eigenvalue weighted by Crippen LogP contribution is -2.51. The maximum absolute atomic E-state index is 12.0. The Morgan fingerprint density at radius 3 is 2.05 bits per heavy atom. The normalized spacial score (nSPS) is 12.4. The Balaban J connectivity index is 3.04. The Labute approximate surface area is 112 Å². The molecule has 0 heterocycles. The van der Waals surface area contributed by atoms with Crippen LogP contribution in [0.4, 0.5) is 0 Å². The Morgan fingerprint density at radius 1 is 1.21 bits per heavy atom. The number of hydrogen-bond acceptors (Lipinski definition) is 5. The van der Waals surface area contributed by atoms with Gasteiger partial charge in [0.25, 0.3) is 0 Å². The maximum Gasteiger partial charge on any atom is 0.241 e. The van der Waals surface area contributed by atoms with Crippen molar-refractivity contribution < 1.29 is 23.4 Å². The van der Waals surface area contributed by atoms with Crippen molar-refractivity contribution in [2.75, 3.05) is 13.2 Å². The maximum atomic E-state index is 12.0. The number of carbonyl (C=O) groups is 1. The lowest BCUT2D eigenvalue weighted by atomic mass is 10.1. The summed E-state index contributed by atoms with van der Waals surface area (Å²) in [5, 5.41) is 18.2. The Kier molecular flexibility index (Phi) is 4.81. The number of aliphatic hydroxyl groups is 2. The molecule has 0 aliphatic rings. The summed E-state index contributed by atoms with van der Waals surface area (Å²) in [5.74, 6) is -0.160. The first-order valence-corrected chi connectivity index (χ1v) is 7.09. The molecular weight excluding hydrogens is 270 g/mol. The molecule has 0 unspecified atom stereocenters. The van der Waals surface area contributed by atoms with E-state index in [0.29, 0.717) is 5.56 Å². The second-order valence-corrected chi connectivity index (χ2v) is 6.25. The van der Waals surface area contributed by atoms with Gasteiger partial charge >= 0.3 is 0 Å². The minimum atomic E-state index is -3.87. The monoisotopic (exact) mass is 287 g/mol. The summed E-state index contributed by atoms with van der Waals surface area (Å²) in [7, 11) is -3.87. The molecule has 19 heavy (non-hydrogen) atoms. The number of carbonyl (C=O) groups excluding carboxylic acids is 1. The van der Waals surface area contributed by atoms with Crippen LogP contribution in [-0.2, 0) is 10.0 Å². The molecule has 0 amide bonds. The highest BCUT2D eigenvalue weighted by atomic mass is 32.2. The van der Waals surface area contributed by atoms with Gasteiger partial charge in [-0.15, -0.1) is 0 Å². The van der Waals surface area contributed by atoms with E-state index in [4.69, 9.17) is 10.2 Å². The molecule has 106 valence electrons. The zero-order chi connectivity index (χ0) is 14.7. The van der Waals surface area contributed by atoms with Crippen LogP contribution < -0.4 is 4.72 Å². The number of sulfonamides is 1. The van der Waals surface area contributed by atoms with Crippen molar-refractivity contribution >= 4 is 15.8 Å². The highest BCUT2D eigenvalue weighted by molar-refractivity contribution is 7.89. The van der Waals surface area contributed by atoms with Crippen molar-refractivity contribution in [3.8, 4) is 0 Å². The standard InChI is InChI=1S/C12H17NO5S/c1-9(16)10-3-5-11(6-4-10)19(17,18)13-12(2,7-14)8-15/h3-6,13-15H,7-8H2,1-2H3. The van der Waals surface area contributed by atoms with Crippen LogP contribution in [0.3, 0.4) is 0 Å². The lowest BCUT2D eigenvalue weighted by Gasteiger charge is -2.25. The van der Waals surface area contributed by atoms with Gasteiger partial charge in [0.1, 0.15) is 0 Å². The number of benzene rings is 1. The van der Waals surface area contributed by atoms with Gasteiger partial charge in [-0.05, 0) is 26.0 Å². The van der Waals surface area contributed by atoms with E-state index < -0.39 is 28.8 Å². The third kappa shape index (κ3) is 3.84. The molecule has 0 saturated heterocycles. The quantitative estimate of drug-likeness (QED) is 0.634. The summed E-state index contributed by atoms with van der Waals surface area (Å²) in [6.07, 6.45) is 0. The minimum Gasteiger partial charge on any atom is -0.394 e. The molecule has 1 rings (SSSR count). The van der Waals surface area contributed by atoms with Crippen LogP contribution >= 0.6 is 0 Å². The average molecular weight is 287 g/mol. The van der Waals surface area contributed by atoms with Crippen molar-refractivity contribution in [2.45, 2.75) is 24.3 Å². The predicted molar refractivity (Wildman–Crippen MR) is 69.3 cm³/mol. The number of hydrogen-bond donors (Lipinski definition) is 3. The molecule has 6 nitrogen and oxygen atoms in total. The van der Waals surface area contributed by atoms with Gasteiger partial charge in [-0.2, -0.15) is 0 Å². The summed E-state index contributed by atoms with van der Waals surface area (Å²) in [4.78, 5) is 11.1. The summed E-state index contributed by atoms with van der Waals surface area (Å²) in [5.41, 5.74) is -0.927. The minimum absolute atomic E-state index is 0.0365. The van der Waals surface area contributed by atoms with Gasteiger partial charge in [0, 0.05) is 5.56 Å². The molecule has 3 N–H and O–H groups in total. The van der Waals surface area contributed by atoms with Gasteiger partial charge in [-0.1, -0.05) is 12.1 Å². The molecule has 0 aromatic heterocycles. The van der Waals surface area contributed by atoms with Gasteiger partial charge in [-0.25, -0.2) is 13.1 Å². The van der Waals surface area contributed by atoms with E-state index in [1.54, 1.807) is 0 Å². The van der Waals surface area contributed by atoms with E-state index in [-0.39, 0.29) is 10.7 Å². The Morgan fingerprint density at radius 2 is 1.68 bits per heavy atom. The van der Waals surface area contributed by atoms with Crippen LogP contribution in [0.2, 0.25) is 0 Å². The first-order valence-electron chi connectivity index (χ1n) is 5.61. The number of aliphatic hydroxyl groups excluding tert-OH is 2. The molecule has 0 radical (unpaired) electrons. The summed E-state index contributed by atoms with van der Waals surface area (Å²) in [6, 6.07) is 5.42. The van der Waals surface area contributed by atoms with Crippen LogP contribution in [0.15, 0.2) is 29.2 Å². The van der Waals surface area contributed by atoms with Crippen LogP contribution in [0, 0.1) is 0 Å². The second-order valence-electron chi connectivity index (χ2n) is 4.56. The molecular formula is C12H17NO5S. The van der Waals surface area contributed by atoms with E-state index in [1.807, 2.05) is 0 Å². The summed E-state index contributed by atoms with van der Waals surface area (Å²) >= 11 is 0. The highest BCUT2D eigenvalue weighted by Crippen LogP contribution is 2.14. The lowest BCUT2D eigenvalue weighted by molar-refractivity contribution is 0.101. The second kappa shape index (κ2) is 5.79. The molecule has 0 aliphatic heterocycles. The molecule has 0 spiro atoms. The van der Waals surface area contributed by atoms with E-state index in [9.17, 15) is 13.2 Å². The molecule has 0 fully saturated rings. The number of ketones is 1. The fraction of sp³-hybridized carbons (Fsp3) is 0.417. The fourth-order valence-electron chi connectivity index (χ4n) is 1.37. The van der Waals surface area contributed by atoms with E-state index in [0.717, 1.165) is 0 Å². The topological polar surface area (TPSA) is 104 Å². The molecule has 0 bridgehead atoms. The molecule has 0 atom stereocenters. The van der Waals surface area contributed by atoms with Crippen molar-refractivity contribution in [2.24, 2.45) is 0 Å². The van der Waals surface area contributed by atoms with Crippen LogP contribution in [-0.4, -0.2) is 43.2 Å². The van der Waals surface area contributed by atoms with Crippen LogP contribution in [0.5, 0.6) is 0 Å². The predicted octanol–water partition coefficient (Wildman–Crippen LogP) is -0.0892. The Bertz CT molecular complexity index is 546. The smallest absolute Gasteiger partial charge is 0.241 e. The van der Waals surface area contributed by atoms with Crippen molar-refractivity contribution in [3.63, 3.8) is 0 Å². The average Bonchev–Trinajstić information content (AvgIpc) is 2.38. The highest BCUT2D eigenvalue weighted by Gasteiger charge is 2.29. The van der Waals surface area contributed by atoms with Gasteiger partial charge in [0.2, 0.25) is 10.0 Å². The first kappa shape index (κ1) is 15.8. The summed E-state index contributed by atoms with van der Waals surface area (Å²) in [6.45, 7) is 1.70. The van der Waals surface area contributed by atoms with Gasteiger partial charge in [0.15, 0.2) is 5.78 Å². The van der Waals surface area contributed by atoms with E-state index >= 15 is 0 Å². The van der Waals surface area contributed by atoms with Gasteiger partial charge < -0.3 is 10.2 Å². The largest absolute Gasteiger partial charge is 0.394 e. The molecule has 0 saturated carbocycles. The molecule has 1 aromatic rings. The van der Waals surface area contributed by atoms with Crippen molar-refractivity contribution in [1.29, 1.82) is 0 Å². The zero-order valence-corrected chi connectivity index (χ0v) is 11.6. The summed E-state index contributed by atoms with van der Waals surface area (Å²) < 4.78 is 26.3. The number of nitrogens with one attached hydrogen (secondary N) is 1. The number of rotatable bonds is 6. The Hall–Kier alpha value is -1.28. The fourth-order valence-corrected chi connectivity index (χ4v) is 2.76. The van der Waals surface area contributed by atoms with Gasteiger partial charge in [0.05, 0.1) is 23.6 Å². The zero-order valence-electron chi connectivity index (χ0n) is 10.8. The molecule has 7 heteroatoms. The SMILES string of the molecule is CC(=O)c1ccc(S(=O)(=O)NC(C)(CO)CO)cc1. The third-order valence-corrected chi connectivity index (χ3v) is 4.30. The first-order chi connectivity index (χ1) is 8.74.